The number of hydrogen-bond donors (Lipinski definition) is 0. The SMILES string of the molecule is CCCC12CN3CC(CCC)(CN(C1)C3c1cn(CC)c3ccccc13)C2=O. The minimum atomic E-state index is -0.139. The Bertz CT molecular complexity index is 870. The highest BCUT2D eigenvalue weighted by atomic mass is 16.1. The van der Waals surface area contributed by atoms with Crippen molar-refractivity contribution < 1.29 is 4.79 Å². The lowest BCUT2D eigenvalue weighted by Gasteiger charge is -2.66. The van der Waals surface area contributed by atoms with E-state index in [-0.39, 0.29) is 10.8 Å². The molecule has 0 N–H and O–H groups in total. The van der Waals surface area contributed by atoms with Gasteiger partial charge >= 0.3 is 0 Å². The highest BCUT2D eigenvalue weighted by Gasteiger charge is 2.64. The maximum atomic E-state index is 13.6. The Labute approximate surface area is 168 Å². The number of hydrogen-bond acceptors (Lipinski definition) is 3. The molecule has 4 aliphatic rings. The second-order valence-corrected chi connectivity index (χ2v) is 9.46. The zero-order valence-electron chi connectivity index (χ0n) is 17.6. The molecule has 28 heavy (non-hydrogen) atoms. The quantitative estimate of drug-likeness (QED) is 0.742. The molecule has 0 radical (unpaired) electrons. The summed E-state index contributed by atoms with van der Waals surface area (Å²) < 4.78 is 2.38. The number of carbonyl (C=O) groups excluding carboxylic acids is 1. The van der Waals surface area contributed by atoms with E-state index in [9.17, 15) is 4.79 Å². The molecule has 0 atom stereocenters. The fourth-order valence-corrected chi connectivity index (χ4v) is 6.83. The smallest absolute Gasteiger partial charge is 0.150 e. The van der Waals surface area contributed by atoms with E-state index < -0.39 is 0 Å². The van der Waals surface area contributed by atoms with Crippen molar-refractivity contribution in [2.45, 2.75) is 59.2 Å². The van der Waals surface area contributed by atoms with Crippen LogP contribution in [0.2, 0.25) is 0 Å². The van der Waals surface area contributed by atoms with Gasteiger partial charge in [-0.05, 0) is 25.8 Å². The summed E-state index contributed by atoms with van der Waals surface area (Å²) in [6.07, 6.45) is 6.95. The van der Waals surface area contributed by atoms with E-state index in [1.165, 1.54) is 16.5 Å². The summed E-state index contributed by atoms with van der Waals surface area (Å²) >= 11 is 0. The van der Waals surface area contributed by atoms with E-state index in [1.54, 1.807) is 0 Å². The first kappa shape index (κ1) is 18.4. The van der Waals surface area contributed by atoms with Crippen molar-refractivity contribution >= 4 is 16.7 Å². The van der Waals surface area contributed by atoms with Gasteiger partial charge in [0.1, 0.15) is 5.78 Å². The number of carbonyl (C=O) groups is 1. The molecule has 1 aromatic carbocycles. The fourth-order valence-electron chi connectivity index (χ4n) is 6.83. The van der Waals surface area contributed by atoms with Crippen LogP contribution in [-0.2, 0) is 11.3 Å². The number of Topliss-reactive ketones (excluding diaryl/α,β-unsaturated/α-hetero) is 1. The third kappa shape index (κ3) is 2.34. The van der Waals surface area contributed by atoms with Crippen LogP contribution in [0.5, 0.6) is 0 Å². The van der Waals surface area contributed by atoms with E-state index in [0.717, 1.165) is 58.4 Å². The predicted octanol–water partition coefficient (Wildman–Crippen LogP) is 4.45. The molecule has 0 unspecified atom stereocenters. The van der Waals surface area contributed by atoms with Crippen LogP contribution in [-0.4, -0.2) is 46.3 Å². The number of para-hydroxylation sites is 1. The van der Waals surface area contributed by atoms with Crippen LogP contribution in [0.4, 0.5) is 0 Å². The molecule has 4 bridgehead atoms. The van der Waals surface area contributed by atoms with Crippen LogP contribution in [0.1, 0.15) is 58.2 Å². The maximum Gasteiger partial charge on any atom is 0.150 e. The van der Waals surface area contributed by atoms with E-state index in [0.29, 0.717) is 11.9 Å². The van der Waals surface area contributed by atoms with Crippen molar-refractivity contribution in [1.82, 2.24) is 14.4 Å². The first-order chi connectivity index (χ1) is 13.6. The second kappa shape index (κ2) is 6.43. The number of rotatable bonds is 6. The van der Waals surface area contributed by atoms with Crippen molar-refractivity contribution in [1.29, 1.82) is 0 Å². The Morgan fingerprint density at radius 3 is 2.04 bits per heavy atom. The van der Waals surface area contributed by atoms with E-state index in [2.05, 4.69) is 65.6 Å². The molecule has 150 valence electrons. The predicted molar refractivity (Wildman–Crippen MR) is 113 cm³/mol. The number of nitrogens with zero attached hydrogens (tertiary/aromatic N) is 3. The molecular formula is C24H33N3O. The van der Waals surface area contributed by atoms with Crippen molar-refractivity contribution in [3.63, 3.8) is 0 Å². The summed E-state index contributed by atoms with van der Waals surface area (Å²) in [6.45, 7) is 11.4. The van der Waals surface area contributed by atoms with Gasteiger partial charge in [-0.3, -0.25) is 14.6 Å². The molecule has 2 aromatic rings. The van der Waals surface area contributed by atoms with Crippen LogP contribution in [0.25, 0.3) is 10.9 Å². The van der Waals surface area contributed by atoms with Crippen LogP contribution in [0.3, 0.4) is 0 Å². The van der Waals surface area contributed by atoms with Gasteiger partial charge in [0.05, 0.1) is 17.0 Å². The topological polar surface area (TPSA) is 28.5 Å². The van der Waals surface area contributed by atoms with Gasteiger partial charge in [-0.15, -0.1) is 0 Å². The zero-order valence-corrected chi connectivity index (χ0v) is 17.6. The van der Waals surface area contributed by atoms with Crippen LogP contribution in [0.15, 0.2) is 30.5 Å². The Balaban J connectivity index is 1.60. The van der Waals surface area contributed by atoms with Gasteiger partial charge in [-0.1, -0.05) is 44.9 Å². The van der Waals surface area contributed by atoms with Crippen LogP contribution in [0, 0.1) is 10.8 Å². The Hall–Kier alpha value is -1.65. The Kier molecular flexibility index (Phi) is 4.22. The Morgan fingerprint density at radius 1 is 0.929 bits per heavy atom. The molecule has 0 amide bonds. The fraction of sp³-hybridized carbons (Fsp3) is 0.625. The first-order valence-corrected chi connectivity index (χ1v) is 11.2. The van der Waals surface area contributed by atoms with Crippen molar-refractivity contribution in [2.24, 2.45) is 10.8 Å². The standard InChI is InChI=1S/C24H33N3O/c1-4-11-23-14-26-16-24(12-5-2,22(23)28)17-27(15-23)21(26)19-13-25(6-3)20-10-8-7-9-18(19)20/h7-10,13,21H,4-6,11-12,14-17H2,1-3H3. The molecule has 4 saturated heterocycles. The summed E-state index contributed by atoms with van der Waals surface area (Å²) in [4.78, 5) is 19.0. The third-order valence-electron chi connectivity index (χ3n) is 7.57. The summed E-state index contributed by atoms with van der Waals surface area (Å²) in [5.41, 5.74) is 2.49. The van der Waals surface area contributed by atoms with E-state index in [4.69, 9.17) is 0 Å². The van der Waals surface area contributed by atoms with E-state index in [1.807, 2.05) is 0 Å². The number of ketones is 1. The van der Waals surface area contributed by atoms with Gasteiger partial charge in [0.2, 0.25) is 0 Å². The zero-order chi connectivity index (χ0) is 19.5. The molecule has 4 heteroatoms. The lowest BCUT2D eigenvalue weighted by Crippen LogP contribution is -2.76. The largest absolute Gasteiger partial charge is 0.347 e. The molecule has 0 aliphatic carbocycles. The molecule has 4 fully saturated rings. The summed E-state index contributed by atoms with van der Waals surface area (Å²) in [5.74, 6) is 0.589. The van der Waals surface area contributed by atoms with Gasteiger partial charge < -0.3 is 4.57 Å². The van der Waals surface area contributed by atoms with E-state index >= 15 is 0 Å². The molecule has 5 heterocycles. The number of piperidine rings is 2. The van der Waals surface area contributed by atoms with Crippen molar-refractivity contribution in [3.05, 3.63) is 36.0 Å². The van der Waals surface area contributed by atoms with Crippen molar-refractivity contribution in [2.75, 3.05) is 26.2 Å². The molecule has 4 nitrogen and oxygen atoms in total. The molecular weight excluding hydrogens is 346 g/mol. The lowest BCUT2D eigenvalue weighted by molar-refractivity contribution is -0.205. The van der Waals surface area contributed by atoms with Gasteiger partial charge in [-0.25, -0.2) is 0 Å². The highest BCUT2D eigenvalue weighted by molar-refractivity contribution is 5.93. The normalized spacial score (nSPS) is 36.5. The maximum absolute atomic E-state index is 13.6. The molecule has 6 rings (SSSR count). The molecule has 0 spiro atoms. The van der Waals surface area contributed by atoms with Crippen LogP contribution >= 0.6 is 0 Å². The molecule has 0 saturated carbocycles. The highest BCUT2D eigenvalue weighted by Crippen LogP contribution is 2.56. The monoisotopic (exact) mass is 379 g/mol. The van der Waals surface area contributed by atoms with Gasteiger partial charge in [-0.2, -0.15) is 0 Å². The summed E-state index contributed by atoms with van der Waals surface area (Å²) in [5, 5.41) is 1.38. The second-order valence-electron chi connectivity index (χ2n) is 9.46. The van der Waals surface area contributed by atoms with Gasteiger partial charge in [0.15, 0.2) is 0 Å². The summed E-state index contributed by atoms with van der Waals surface area (Å²) in [6, 6.07) is 8.82. The van der Waals surface area contributed by atoms with Gasteiger partial charge in [0, 0.05) is 55.4 Å². The third-order valence-corrected chi connectivity index (χ3v) is 7.57. The Morgan fingerprint density at radius 2 is 1.50 bits per heavy atom. The molecule has 4 aliphatic heterocycles. The lowest BCUT2D eigenvalue weighted by atomic mass is 9.57. The number of aromatic nitrogens is 1. The minimum Gasteiger partial charge on any atom is -0.347 e. The minimum absolute atomic E-state index is 0.139. The average molecular weight is 380 g/mol. The van der Waals surface area contributed by atoms with Crippen LogP contribution < -0.4 is 0 Å². The number of fused-ring (bicyclic) bond motifs is 1. The average Bonchev–Trinajstić information content (AvgIpc) is 3.04. The summed E-state index contributed by atoms with van der Waals surface area (Å²) in [7, 11) is 0. The number of benzene rings is 1. The molecule has 1 aromatic heterocycles. The van der Waals surface area contributed by atoms with Crippen molar-refractivity contribution in [3.8, 4) is 0 Å². The van der Waals surface area contributed by atoms with Gasteiger partial charge in [0.25, 0.3) is 0 Å². The number of aryl methyl sites for hydroxylation is 1. The first-order valence-electron chi connectivity index (χ1n) is 11.2.